The Kier molecular flexibility index (Phi) is 3.12. The first-order chi connectivity index (χ1) is 4.80. The third kappa shape index (κ3) is 2.25. The zero-order valence-corrected chi connectivity index (χ0v) is 6.21. The minimum absolute atomic E-state index is 0.528. The lowest BCUT2D eigenvalue weighted by Gasteiger charge is -2.21. The number of hydrogen-bond donors (Lipinski definition) is 2. The molecule has 0 bridgehead atoms. The van der Waals surface area contributed by atoms with Crippen molar-refractivity contribution in [1.29, 1.82) is 0 Å². The van der Waals surface area contributed by atoms with Gasteiger partial charge in [-0.15, -0.1) is 0 Å². The molecule has 1 aliphatic heterocycles. The van der Waals surface area contributed by atoms with Crippen molar-refractivity contribution in [3.05, 3.63) is 6.92 Å². The predicted molar refractivity (Wildman–Crippen MR) is 40.4 cm³/mol. The molecule has 3 heteroatoms. The molecule has 2 N–H and O–H groups in total. The lowest BCUT2D eigenvalue weighted by Crippen LogP contribution is -2.35. The first kappa shape index (κ1) is 7.98. The summed E-state index contributed by atoms with van der Waals surface area (Å²) in [6.07, 6.45) is 0.576. The van der Waals surface area contributed by atoms with Gasteiger partial charge < -0.3 is 10.4 Å². The summed E-state index contributed by atoms with van der Waals surface area (Å²) in [4.78, 5) is 1.97. The first-order valence-corrected chi connectivity index (χ1v) is 3.76. The fourth-order valence-electron chi connectivity index (χ4n) is 1.16. The third-order valence-electron chi connectivity index (χ3n) is 1.80. The Morgan fingerprint density at radius 1 is 1.40 bits per heavy atom. The molecular weight excluding hydrogens is 128 g/mol. The van der Waals surface area contributed by atoms with E-state index in [0.717, 1.165) is 32.6 Å². The maximum absolute atomic E-state index is 9.09. The number of aliphatic hydroxyl groups excluding tert-OH is 1. The third-order valence-corrected chi connectivity index (χ3v) is 1.80. The van der Waals surface area contributed by atoms with Gasteiger partial charge in [0.2, 0.25) is 0 Å². The summed E-state index contributed by atoms with van der Waals surface area (Å²) in [5.74, 6) is 0. The van der Waals surface area contributed by atoms with E-state index in [1.165, 1.54) is 0 Å². The molecule has 0 aliphatic carbocycles. The van der Waals surface area contributed by atoms with Crippen LogP contribution in [-0.2, 0) is 0 Å². The van der Waals surface area contributed by atoms with Crippen LogP contribution < -0.4 is 5.32 Å². The molecule has 3 nitrogen and oxygen atoms in total. The highest BCUT2D eigenvalue weighted by Gasteiger charge is 2.11. The van der Waals surface area contributed by atoms with Crippen molar-refractivity contribution in [3.8, 4) is 0 Å². The van der Waals surface area contributed by atoms with Gasteiger partial charge in [-0.2, -0.15) is 0 Å². The van der Waals surface area contributed by atoms with Gasteiger partial charge in [-0.05, 0) is 19.9 Å². The van der Waals surface area contributed by atoms with E-state index in [0.29, 0.717) is 0 Å². The van der Waals surface area contributed by atoms with Gasteiger partial charge in [0, 0.05) is 19.6 Å². The summed E-state index contributed by atoms with van der Waals surface area (Å²) in [5, 5.41) is 12.3. The number of nitrogens with one attached hydrogen (secondary N) is 1. The van der Waals surface area contributed by atoms with Gasteiger partial charge in [-0.3, -0.25) is 4.90 Å². The summed E-state index contributed by atoms with van der Waals surface area (Å²) in [6, 6.07) is 0. The Bertz CT molecular complexity index is 87.6. The molecule has 1 heterocycles. The maximum Gasteiger partial charge on any atom is 0.107 e. The van der Waals surface area contributed by atoms with Gasteiger partial charge in [0.25, 0.3) is 0 Å². The average molecular weight is 143 g/mol. The summed E-state index contributed by atoms with van der Waals surface area (Å²) in [6.45, 7) is 7.44. The van der Waals surface area contributed by atoms with E-state index in [-0.39, 0.29) is 0 Å². The predicted octanol–water partition coefficient (Wildman–Crippen LogP) is -0.566. The highest BCUT2D eigenvalue weighted by atomic mass is 16.3. The monoisotopic (exact) mass is 143 g/mol. The summed E-state index contributed by atoms with van der Waals surface area (Å²) in [7, 11) is 0. The fourth-order valence-corrected chi connectivity index (χ4v) is 1.16. The Morgan fingerprint density at radius 2 is 2.20 bits per heavy atom. The summed E-state index contributed by atoms with van der Waals surface area (Å²) in [5.41, 5.74) is 0. The van der Waals surface area contributed by atoms with Gasteiger partial charge in [0.15, 0.2) is 0 Å². The molecule has 1 saturated heterocycles. The zero-order valence-electron chi connectivity index (χ0n) is 6.21. The van der Waals surface area contributed by atoms with Gasteiger partial charge >= 0.3 is 0 Å². The molecule has 0 spiro atoms. The van der Waals surface area contributed by atoms with Gasteiger partial charge in [-0.25, -0.2) is 0 Å². The molecule has 1 atom stereocenters. The van der Waals surface area contributed by atoms with Crippen LogP contribution in [0.5, 0.6) is 0 Å². The molecule has 0 saturated carbocycles. The Hall–Kier alpha value is -0.120. The molecule has 59 valence electrons. The quantitative estimate of drug-likeness (QED) is 0.516. The lowest BCUT2D eigenvalue weighted by molar-refractivity contribution is 0.0446. The van der Waals surface area contributed by atoms with Crippen molar-refractivity contribution in [3.63, 3.8) is 0 Å². The van der Waals surface area contributed by atoms with E-state index in [1.54, 1.807) is 0 Å². The molecule has 1 aliphatic rings. The molecule has 1 rings (SSSR count). The van der Waals surface area contributed by atoms with Crippen LogP contribution in [0.25, 0.3) is 0 Å². The molecule has 1 unspecified atom stereocenters. The highest BCUT2D eigenvalue weighted by Crippen LogP contribution is 1.98. The lowest BCUT2D eigenvalue weighted by atomic mass is 10.4. The van der Waals surface area contributed by atoms with Crippen molar-refractivity contribution < 1.29 is 5.11 Å². The summed E-state index contributed by atoms with van der Waals surface area (Å²) < 4.78 is 0. The molecule has 0 aromatic heterocycles. The summed E-state index contributed by atoms with van der Waals surface area (Å²) >= 11 is 0. The van der Waals surface area contributed by atoms with Gasteiger partial charge in [0.1, 0.15) is 6.23 Å². The molecule has 0 amide bonds. The average Bonchev–Trinajstić information content (AvgIpc) is 2.12. The normalized spacial score (nSPS) is 25.8. The van der Waals surface area contributed by atoms with Crippen molar-refractivity contribution in [1.82, 2.24) is 10.2 Å². The van der Waals surface area contributed by atoms with Crippen LogP contribution in [0.1, 0.15) is 6.42 Å². The number of rotatable bonds is 1. The second-order valence-corrected chi connectivity index (χ2v) is 2.62. The number of aliphatic hydroxyl groups is 1. The van der Waals surface area contributed by atoms with Crippen LogP contribution in [0.3, 0.4) is 0 Å². The second-order valence-electron chi connectivity index (χ2n) is 2.62. The van der Waals surface area contributed by atoms with Crippen LogP contribution in [-0.4, -0.2) is 42.4 Å². The molecular formula is C7H15N2O. The SMILES string of the molecule is [CH2]C(O)N1CCCNCC1. The minimum Gasteiger partial charge on any atom is -0.378 e. The molecule has 1 fully saturated rings. The highest BCUT2D eigenvalue weighted by molar-refractivity contribution is 4.68. The molecule has 0 aromatic carbocycles. The van der Waals surface area contributed by atoms with E-state index in [9.17, 15) is 0 Å². The van der Waals surface area contributed by atoms with E-state index in [1.807, 2.05) is 4.90 Å². The first-order valence-electron chi connectivity index (χ1n) is 3.76. The van der Waals surface area contributed by atoms with Crippen molar-refractivity contribution in [2.75, 3.05) is 26.2 Å². The van der Waals surface area contributed by atoms with Crippen LogP contribution in [0.2, 0.25) is 0 Å². The van der Waals surface area contributed by atoms with Crippen molar-refractivity contribution in [2.24, 2.45) is 0 Å². The van der Waals surface area contributed by atoms with E-state index in [4.69, 9.17) is 5.11 Å². The van der Waals surface area contributed by atoms with Crippen LogP contribution in [0.15, 0.2) is 0 Å². The molecule has 1 radical (unpaired) electrons. The largest absolute Gasteiger partial charge is 0.378 e. The Morgan fingerprint density at radius 3 is 2.90 bits per heavy atom. The minimum atomic E-state index is -0.528. The number of nitrogens with zero attached hydrogens (tertiary/aromatic N) is 1. The Balaban J connectivity index is 2.28. The molecule has 10 heavy (non-hydrogen) atoms. The smallest absolute Gasteiger partial charge is 0.107 e. The van der Waals surface area contributed by atoms with E-state index >= 15 is 0 Å². The standard InChI is InChI=1S/C7H15N2O/c1-7(10)9-5-2-3-8-4-6-9/h7-8,10H,1-6H2. The van der Waals surface area contributed by atoms with Crippen molar-refractivity contribution >= 4 is 0 Å². The van der Waals surface area contributed by atoms with Gasteiger partial charge in [0.05, 0.1) is 0 Å². The van der Waals surface area contributed by atoms with Crippen LogP contribution in [0.4, 0.5) is 0 Å². The van der Waals surface area contributed by atoms with Crippen molar-refractivity contribution in [2.45, 2.75) is 12.6 Å². The van der Waals surface area contributed by atoms with Gasteiger partial charge in [-0.1, -0.05) is 0 Å². The molecule has 0 aromatic rings. The maximum atomic E-state index is 9.09. The van der Waals surface area contributed by atoms with E-state index in [2.05, 4.69) is 12.2 Å². The van der Waals surface area contributed by atoms with Crippen LogP contribution in [0, 0.1) is 6.92 Å². The Labute approximate surface area is 62.0 Å². The second kappa shape index (κ2) is 3.91. The zero-order chi connectivity index (χ0) is 7.40. The topological polar surface area (TPSA) is 35.5 Å². The number of hydrogen-bond acceptors (Lipinski definition) is 3. The van der Waals surface area contributed by atoms with E-state index < -0.39 is 6.23 Å². The fraction of sp³-hybridized carbons (Fsp3) is 0.857. The van der Waals surface area contributed by atoms with Crippen LogP contribution >= 0.6 is 0 Å².